The Labute approximate surface area is 48.5 Å². The average Bonchev–Trinajstić information content (AvgIpc) is 1.90. The Morgan fingerprint density at radius 1 is 1.50 bits per heavy atom. The van der Waals surface area contributed by atoms with Crippen molar-refractivity contribution in [1.29, 1.82) is 0 Å². The Bertz CT molecular complexity index is 162. The summed E-state index contributed by atoms with van der Waals surface area (Å²) in [6.07, 6.45) is 12.3. The predicted molar refractivity (Wildman–Crippen MR) is 32.1 cm³/mol. The van der Waals surface area contributed by atoms with Crippen LogP contribution in [0.4, 0.5) is 0 Å². The molecule has 0 aromatic carbocycles. The largest absolute Gasteiger partial charge is 0.294 e. The number of hydrogen-bond donors (Lipinski definition) is 1. The van der Waals surface area contributed by atoms with Gasteiger partial charge in [-0.15, -0.1) is 0 Å². The van der Waals surface area contributed by atoms with Crippen LogP contribution in [0.2, 0.25) is 0 Å². The third-order valence-corrected chi connectivity index (χ3v) is 0.795. The number of hydrazine groups is 1. The molecule has 2 nitrogen and oxygen atoms in total. The fourth-order valence-corrected chi connectivity index (χ4v) is 0.438. The van der Waals surface area contributed by atoms with Gasteiger partial charge in [-0.25, -0.2) is 5.01 Å². The molecule has 0 radical (unpaired) electrons. The molecule has 1 aliphatic heterocycles. The normalized spacial score (nSPS) is 15.1. The maximum atomic E-state index is 5.03. The van der Waals surface area contributed by atoms with E-state index in [9.17, 15) is 0 Å². The van der Waals surface area contributed by atoms with Gasteiger partial charge in [-0.3, -0.25) is 5.43 Å². The summed E-state index contributed by atoms with van der Waals surface area (Å²) in [6.45, 7) is 0. The van der Waals surface area contributed by atoms with E-state index < -0.39 is 0 Å². The first-order valence-corrected chi connectivity index (χ1v) is 2.28. The van der Waals surface area contributed by atoms with Crippen molar-refractivity contribution in [2.45, 2.75) is 0 Å². The fourth-order valence-electron chi connectivity index (χ4n) is 0.438. The zero-order valence-corrected chi connectivity index (χ0v) is 4.33. The summed E-state index contributed by atoms with van der Waals surface area (Å²) in [6, 6.07) is 2.39. The van der Waals surface area contributed by atoms with Crippen LogP contribution in [0.15, 0.2) is 24.6 Å². The molecule has 0 bridgehead atoms. The smallest absolute Gasteiger partial charge is 0.0362 e. The monoisotopic (exact) mass is 106 g/mol. The average molecular weight is 106 g/mol. The standard InChI is InChI=1S/C6H6N2/c1-2-8-6-4-3-5-7-8/h1,3-7H. The van der Waals surface area contributed by atoms with Gasteiger partial charge in [0, 0.05) is 18.4 Å². The summed E-state index contributed by atoms with van der Waals surface area (Å²) in [7, 11) is 0. The summed E-state index contributed by atoms with van der Waals surface area (Å²) in [5.74, 6) is 0. The number of nitrogens with one attached hydrogen (secondary N) is 1. The minimum Gasteiger partial charge on any atom is -0.294 e. The van der Waals surface area contributed by atoms with Crippen molar-refractivity contribution in [2.75, 3.05) is 0 Å². The van der Waals surface area contributed by atoms with Crippen molar-refractivity contribution in [1.82, 2.24) is 10.4 Å². The summed E-state index contributed by atoms with van der Waals surface area (Å²) in [5, 5.41) is 1.53. The lowest BCUT2D eigenvalue weighted by molar-refractivity contribution is 0.453. The third-order valence-electron chi connectivity index (χ3n) is 0.795. The number of allylic oxidation sites excluding steroid dienone is 2. The van der Waals surface area contributed by atoms with E-state index in [2.05, 4.69) is 11.5 Å². The minimum atomic E-state index is 1.53. The molecule has 0 atom stereocenters. The highest BCUT2D eigenvalue weighted by Gasteiger charge is 1.87. The highest BCUT2D eigenvalue weighted by atomic mass is 15.5. The van der Waals surface area contributed by atoms with Crippen LogP contribution in [0, 0.1) is 12.5 Å². The fraction of sp³-hybridized carbons (Fsp3) is 0. The van der Waals surface area contributed by atoms with Crippen molar-refractivity contribution in [3.05, 3.63) is 24.6 Å². The summed E-state index contributed by atoms with van der Waals surface area (Å²) < 4.78 is 0. The predicted octanol–water partition coefficient (Wildman–Crippen LogP) is 0.425. The zero-order valence-electron chi connectivity index (χ0n) is 4.33. The van der Waals surface area contributed by atoms with Gasteiger partial charge in [0.2, 0.25) is 0 Å². The quantitative estimate of drug-likeness (QED) is 0.450. The van der Waals surface area contributed by atoms with Gasteiger partial charge < -0.3 is 0 Å². The molecular weight excluding hydrogens is 100 g/mol. The Kier molecular flexibility index (Phi) is 1.25. The molecule has 0 spiro atoms. The van der Waals surface area contributed by atoms with Crippen molar-refractivity contribution in [2.24, 2.45) is 0 Å². The molecule has 40 valence electrons. The lowest BCUT2D eigenvalue weighted by Gasteiger charge is -2.12. The van der Waals surface area contributed by atoms with Gasteiger partial charge in [-0.1, -0.05) is 6.42 Å². The molecule has 1 N–H and O–H groups in total. The Balaban J connectivity index is 2.55. The summed E-state index contributed by atoms with van der Waals surface area (Å²) in [4.78, 5) is 0. The van der Waals surface area contributed by atoms with Gasteiger partial charge >= 0.3 is 0 Å². The van der Waals surface area contributed by atoms with Crippen LogP contribution in [0.3, 0.4) is 0 Å². The zero-order chi connectivity index (χ0) is 5.82. The second-order valence-corrected chi connectivity index (χ2v) is 1.33. The van der Waals surface area contributed by atoms with E-state index in [0.29, 0.717) is 0 Å². The van der Waals surface area contributed by atoms with Crippen molar-refractivity contribution < 1.29 is 0 Å². The minimum absolute atomic E-state index is 1.53. The number of hydrogen-bond acceptors (Lipinski definition) is 2. The molecule has 0 unspecified atom stereocenters. The maximum Gasteiger partial charge on any atom is 0.0362 e. The Morgan fingerprint density at radius 3 is 2.75 bits per heavy atom. The van der Waals surface area contributed by atoms with Gasteiger partial charge in [-0.2, -0.15) is 0 Å². The van der Waals surface area contributed by atoms with Gasteiger partial charge in [0.15, 0.2) is 0 Å². The van der Waals surface area contributed by atoms with Gasteiger partial charge in [0.1, 0.15) is 0 Å². The first-order valence-electron chi connectivity index (χ1n) is 2.28. The highest BCUT2D eigenvalue weighted by molar-refractivity contribution is 5.08. The van der Waals surface area contributed by atoms with Crippen molar-refractivity contribution >= 4 is 0 Å². The summed E-state index contributed by atoms with van der Waals surface area (Å²) in [5.41, 5.74) is 2.80. The van der Waals surface area contributed by atoms with E-state index in [1.54, 1.807) is 12.4 Å². The van der Waals surface area contributed by atoms with E-state index >= 15 is 0 Å². The first-order chi connectivity index (χ1) is 3.93. The molecule has 1 aliphatic rings. The molecule has 8 heavy (non-hydrogen) atoms. The van der Waals surface area contributed by atoms with Crippen LogP contribution in [-0.4, -0.2) is 5.01 Å². The van der Waals surface area contributed by atoms with E-state index in [1.807, 2.05) is 12.2 Å². The Hall–Kier alpha value is -1.36. The van der Waals surface area contributed by atoms with E-state index in [4.69, 9.17) is 6.42 Å². The highest BCUT2D eigenvalue weighted by Crippen LogP contribution is 1.87. The van der Waals surface area contributed by atoms with Crippen LogP contribution in [0.5, 0.6) is 0 Å². The number of nitrogens with zero attached hydrogens (tertiary/aromatic N) is 1. The topological polar surface area (TPSA) is 15.3 Å². The molecule has 0 fully saturated rings. The Morgan fingerprint density at radius 2 is 2.38 bits per heavy atom. The second kappa shape index (κ2) is 2.08. The van der Waals surface area contributed by atoms with Crippen LogP contribution in [-0.2, 0) is 0 Å². The first kappa shape index (κ1) is 4.79. The van der Waals surface area contributed by atoms with Crippen molar-refractivity contribution in [3.8, 4) is 12.5 Å². The molecule has 0 aliphatic carbocycles. The van der Waals surface area contributed by atoms with Crippen LogP contribution >= 0.6 is 0 Å². The lowest BCUT2D eigenvalue weighted by Crippen LogP contribution is -2.24. The lowest BCUT2D eigenvalue weighted by atomic mass is 10.5. The van der Waals surface area contributed by atoms with Gasteiger partial charge in [-0.05, 0) is 12.2 Å². The van der Waals surface area contributed by atoms with Gasteiger partial charge in [0.05, 0.1) is 0 Å². The van der Waals surface area contributed by atoms with E-state index in [0.717, 1.165) is 0 Å². The van der Waals surface area contributed by atoms with Crippen LogP contribution < -0.4 is 5.43 Å². The van der Waals surface area contributed by atoms with Gasteiger partial charge in [0.25, 0.3) is 0 Å². The molecule has 0 saturated heterocycles. The van der Waals surface area contributed by atoms with E-state index in [-0.39, 0.29) is 0 Å². The van der Waals surface area contributed by atoms with Crippen LogP contribution in [0.1, 0.15) is 0 Å². The second-order valence-electron chi connectivity index (χ2n) is 1.33. The molecule has 1 heterocycles. The molecular formula is C6H6N2. The van der Waals surface area contributed by atoms with Crippen molar-refractivity contribution in [3.63, 3.8) is 0 Å². The third kappa shape index (κ3) is 0.824. The molecule has 0 aromatic heterocycles. The SMILES string of the molecule is C#CN1C=CC=CN1. The number of rotatable bonds is 0. The molecule has 2 heteroatoms. The van der Waals surface area contributed by atoms with Crippen LogP contribution in [0.25, 0.3) is 0 Å². The number of terminal acetylenes is 1. The summed E-state index contributed by atoms with van der Waals surface area (Å²) >= 11 is 0. The maximum absolute atomic E-state index is 5.03. The molecule has 0 aromatic rings. The molecule has 1 rings (SSSR count). The molecule has 0 saturated carbocycles. The molecule has 0 amide bonds. The van der Waals surface area contributed by atoms with E-state index in [1.165, 1.54) is 5.01 Å².